The van der Waals surface area contributed by atoms with E-state index >= 15 is 0 Å². The molecule has 8 atom stereocenters. The topological polar surface area (TPSA) is 203 Å². The van der Waals surface area contributed by atoms with Crippen molar-refractivity contribution in [1.29, 1.82) is 0 Å². The summed E-state index contributed by atoms with van der Waals surface area (Å²) >= 11 is 0. The van der Waals surface area contributed by atoms with Gasteiger partial charge in [-0.2, -0.15) is 0 Å². The van der Waals surface area contributed by atoms with Crippen molar-refractivity contribution in [3.8, 4) is 0 Å². The maximum Gasteiger partial charge on any atom is 0.141 e. The third-order valence-electron chi connectivity index (χ3n) is 17.3. The zero-order valence-electron chi connectivity index (χ0n) is 62.6. The third-order valence-corrected chi connectivity index (χ3v) is 17.3. The van der Waals surface area contributed by atoms with E-state index in [0.717, 1.165) is 145 Å². The number of ether oxygens (including phenoxy) is 22. The van der Waals surface area contributed by atoms with Gasteiger partial charge >= 0.3 is 0 Å². The van der Waals surface area contributed by atoms with Crippen LogP contribution in [0.15, 0.2) is 134 Å². The molecule has 2 saturated carbocycles. The van der Waals surface area contributed by atoms with Crippen LogP contribution in [0.4, 0.5) is 0 Å². The molecule has 8 unspecified atom stereocenters. The lowest BCUT2D eigenvalue weighted by Gasteiger charge is -2.42. The number of hydrogen-bond acceptors (Lipinski definition) is 22. The molecule has 2 fully saturated rings. The monoisotopic (exact) mass is 1400 g/mol. The zero-order valence-corrected chi connectivity index (χ0v) is 62.6. The van der Waals surface area contributed by atoms with Gasteiger partial charge in [0, 0.05) is 49.9 Å². The third kappa shape index (κ3) is 34.1. The first kappa shape index (κ1) is 82.4. The molecule has 0 aromatic heterocycles. The fourth-order valence-corrected chi connectivity index (χ4v) is 10.5. The summed E-state index contributed by atoms with van der Waals surface area (Å²) < 4.78 is 115. The molecule has 0 amide bonds. The van der Waals surface area contributed by atoms with Crippen molar-refractivity contribution in [2.75, 3.05) is 79.3 Å². The number of rotatable bonds is 0. The molecule has 15 aliphatic rings. The highest BCUT2D eigenvalue weighted by Gasteiger charge is 2.42. The van der Waals surface area contributed by atoms with Crippen molar-refractivity contribution in [2.24, 2.45) is 11.3 Å². The molecular weight excluding hydrogens is 1280 g/mol. The first-order valence-electron chi connectivity index (χ1n) is 36.0. The Balaban J connectivity index is 0.000000197. The van der Waals surface area contributed by atoms with Crippen LogP contribution in [0.3, 0.4) is 0 Å². The Hall–Kier alpha value is -7.26. The van der Waals surface area contributed by atoms with E-state index in [1.54, 1.807) is 87.7 Å². The van der Waals surface area contributed by atoms with Gasteiger partial charge in [-0.3, -0.25) is 0 Å². The first-order valence-corrected chi connectivity index (χ1v) is 36.0. The lowest BCUT2D eigenvalue weighted by molar-refractivity contribution is -0.144. The van der Waals surface area contributed by atoms with E-state index in [4.69, 9.17) is 104 Å². The Bertz CT molecular complexity index is 2460. The van der Waals surface area contributed by atoms with E-state index in [-0.39, 0.29) is 34.9 Å². The van der Waals surface area contributed by atoms with Crippen LogP contribution in [0.5, 0.6) is 0 Å². The largest absolute Gasteiger partial charge is 0.498 e. The molecule has 99 heavy (non-hydrogen) atoms. The molecule has 0 aromatic rings. The molecular formula is C77H124O22. The summed E-state index contributed by atoms with van der Waals surface area (Å²) in [5.74, 6) is 8.66. The SMILES string of the molecule is C1=COC2CCCC2O1.C1=COCCCO1.C1CC2=C(C1)OC1CCCCC1O2.C1CCC2=C(C1)OCCO2.CC1(C)COC=COC1.CC1(C)OC=COC1(C)C.CC1=C(C)OCCO1.CC1=COC(C)C(C)O1.CC1=COCC(C)O1.CC1CCOC=CO1.CC1COC=COC1. The van der Waals surface area contributed by atoms with E-state index < -0.39 is 0 Å². The van der Waals surface area contributed by atoms with Crippen LogP contribution in [-0.4, -0.2) is 139 Å². The van der Waals surface area contributed by atoms with Gasteiger partial charge in [-0.05, 0) is 147 Å². The lowest BCUT2D eigenvalue weighted by atomic mass is 9.89. The molecule has 22 heteroatoms. The Kier molecular flexibility index (Phi) is 38.5. The maximum atomic E-state index is 5.97. The van der Waals surface area contributed by atoms with Crippen LogP contribution in [0.25, 0.3) is 0 Å². The molecule has 0 spiro atoms. The van der Waals surface area contributed by atoms with Gasteiger partial charge in [0.05, 0.1) is 52.4 Å². The second kappa shape index (κ2) is 46.2. The van der Waals surface area contributed by atoms with Crippen LogP contribution in [0.1, 0.15) is 207 Å². The molecule has 0 aromatic carbocycles. The van der Waals surface area contributed by atoms with Crippen molar-refractivity contribution >= 4 is 0 Å². The summed E-state index contributed by atoms with van der Waals surface area (Å²) in [6.07, 6.45) is 43.6. The van der Waals surface area contributed by atoms with E-state index in [1.165, 1.54) is 62.9 Å². The van der Waals surface area contributed by atoms with Gasteiger partial charge in [-0.25, -0.2) is 0 Å². The normalized spacial score (nSPS) is 28.2. The predicted octanol–water partition coefficient (Wildman–Crippen LogP) is 17.1. The van der Waals surface area contributed by atoms with Crippen LogP contribution >= 0.6 is 0 Å². The number of fused-ring (bicyclic) bond motifs is 2. The van der Waals surface area contributed by atoms with Crippen LogP contribution in [0, 0.1) is 11.3 Å². The quantitative estimate of drug-likeness (QED) is 0.221. The van der Waals surface area contributed by atoms with Gasteiger partial charge in [0.2, 0.25) is 0 Å². The smallest absolute Gasteiger partial charge is 0.141 e. The molecule has 0 bridgehead atoms. The minimum absolute atomic E-state index is 0.156. The minimum atomic E-state index is -0.234. The number of hydrogen-bond donors (Lipinski definition) is 0. The highest BCUT2D eigenvalue weighted by Crippen LogP contribution is 2.39. The first-order chi connectivity index (χ1) is 47.6. The lowest BCUT2D eigenvalue weighted by Crippen LogP contribution is -2.49. The summed E-state index contributed by atoms with van der Waals surface area (Å²) in [5, 5.41) is 0. The fraction of sp³-hybridized carbons (Fsp3) is 0.714. The van der Waals surface area contributed by atoms with Gasteiger partial charge in [0.25, 0.3) is 0 Å². The van der Waals surface area contributed by atoms with Crippen LogP contribution in [0.2, 0.25) is 0 Å². The summed E-state index contributed by atoms with van der Waals surface area (Å²) in [7, 11) is 0. The van der Waals surface area contributed by atoms with Crippen molar-refractivity contribution in [2.45, 2.75) is 267 Å². The summed E-state index contributed by atoms with van der Waals surface area (Å²) in [6, 6.07) is 0. The predicted molar refractivity (Wildman–Crippen MR) is 375 cm³/mol. The molecule has 22 nitrogen and oxygen atoms in total. The summed E-state index contributed by atoms with van der Waals surface area (Å²) in [5.41, 5.74) is -0.312. The highest BCUT2D eigenvalue weighted by atomic mass is 16.6. The van der Waals surface area contributed by atoms with Gasteiger partial charge in [0.1, 0.15) is 221 Å². The van der Waals surface area contributed by atoms with Crippen molar-refractivity contribution in [3.05, 3.63) is 134 Å². The highest BCUT2D eigenvalue weighted by molar-refractivity contribution is 5.12. The van der Waals surface area contributed by atoms with Crippen LogP contribution < -0.4 is 0 Å². The average molecular weight is 1400 g/mol. The average Bonchev–Trinajstić information content (AvgIpc) is 1.80. The molecule has 15 rings (SSSR count). The van der Waals surface area contributed by atoms with E-state index in [2.05, 4.69) is 20.8 Å². The molecule has 4 aliphatic carbocycles. The van der Waals surface area contributed by atoms with Gasteiger partial charge in [-0.15, -0.1) is 0 Å². The minimum Gasteiger partial charge on any atom is -0.498 e. The molecule has 0 radical (unpaired) electrons. The molecule has 564 valence electrons. The Morgan fingerprint density at radius 2 is 0.778 bits per heavy atom. The van der Waals surface area contributed by atoms with Crippen molar-refractivity contribution < 1.29 is 104 Å². The summed E-state index contributed by atoms with van der Waals surface area (Å²) in [6.45, 7) is 38.9. The van der Waals surface area contributed by atoms with E-state index in [1.807, 2.05) is 83.1 Å². The fourth-order valence-electron chi connectivity index (χ4n) is 10.5. The molecule has 11 aliphatic heterocycles. The van der Waals surface area contributed by atoms with Gasteiger partial charge in [0.15, 0.2) is 0 Å². The Morgan fingerprint density at radius 3 is 1.25 bits per heavy atom. The van der Waals surface area contributed by atoms with Crippen LogP contribution in [-0.2, 0) is 104 Å². The maximum absolute atomic E-state index is 5.97. The van der Waals surface area contributed by atoms with Gasteiger partial charge in [-0.1, -0.05) is 20.8 Å². The van der Waals surface area contributed by atoms with Crippen molar-refractivity contribution in [1.82, 2.24) is 0 Å². The molecule has 0 saturated heterocycles. The van der Waals surface area contributed by atoms with Crippen molar-refractivity contribution in [3.63, 3.8) is 0 Å². The zero-order chi connectivity index (χ0) is 71.6. The molecule has 11 heterocycles. The molecule has 0 N–H and O–H groups in total. The van der Waals surface area contributed by atoms with E-state index in [0.29, 0.717) is 56.3 Å². The Morgan fingerprint density at radius 1 is 0.323 bits per heavy atom. The van der Waals surface area contributed by atoms with E-state index in [9.17, 15) is 0 Å². The second-order valence-electron chi connectivity index (χ2n) is 27.7. The summed E-state index contributed by atoms with van der Waals surface area (Å²) in [4.78, 5) is 0. The Labute approximate surface area is 592 Å². The number of allylic oxidation sites excluding steroid dienone is 8. The second-order valence-corrected chi connectivity index (χ2v) is 27.7. The van der Waals surface area contributed by atoms with Gasteiger partial charge < -0.3 is 104 Å². The standard InChI is InChI=1S/C11H16O2.C8H12O2.C8H14O2.C7H10O2.2C7H12O2.4C6H10O2.C5H8O2/c1-2-5-9-8(4-1)12-10-6-3-7-11(10)13-9;1-2-4-8-7(3-1)9-5-6-10-8;1-7(2)8(3,4)10-6-5-9-7;1-2-6-7(3-1)9-5-4-8-6;1-5-4-8-6(2)7(3)9-5;1-7(2)5-8-3-4-9-6-7;1-5-3-7-4-6(2)8-5;1-5-6(2)8-4-3-7-5;1-6-4-7-2-3-8-5-6;1-6-2-3-7-4-5-8-6;1-2-6-4-5-7-3-1/h8-9H,1-7H2;1-6H2;5-6H,1-4H3;4-7H,1-3H2;4,6-7H,1-3H3;3-4H,5-6H2,1-2H3;3,6H,4H2,1-2H3;3-4H2,1-2H3;2-3,6H,4-5H2,1H3;4-6H,2-3H2,1H3;4-5H,1-3H2.